The third kappa shape index (κ3) is 4.08. The first kappa shape index (κ1) is 18.7. The minimum Gasteiger partial charge on any atom is -0.483 e. The molecule has 1 aliphatic carbocycles. The van der Waals surface area contributed by atoms with Gasteiger partial charge in [0, 0.05) is 12.6 Å². The van der Waals surface area contributed by atoms with Gasteiger partial charge in [-0.05, 0) is 61.6 Å². The van der Waals surface area contributed by atoms with Crippen molar-refractivity contribution in [3.05, 3.63) is 53.1 Å². The van der Waals surface area contributed by atoms with Crippen molar-refractivity contribution in [2.75, 3.05) is 13.4 Å². The molecule has 0 radical (unpaired) electrons. The SMILES string of the molecule is Cc1ccc(C)c(OCC(=O)N(Cc2ccc3c(c2)OCO3)C2CCCC2)c1. The van der Waals surface area contributed by atoms with Crippen molar-refractivity contribution < 1.29 is 19.0 Å². The van der Waals surface area contributed by atoms with E-state index in [9.17, 15) is 4.79 Å². The van der Waals surface area contributed by atoms with Gasteiger partial charge in [-0.1, -0.05) is 31.0 Å². The zero-order valence-electron chi connectivity index (χ0n) is 16.6. The van der Waals surface area contributed by atoms with Crippen LogP contribution in [-0.2, 0) is 11.3 Å². The molecule has 1 saturated carbocycles. The van der Waals surface area contributed by atoms with Crippen LogP contribution in [0.15, 0.2) is 36.4 Å². The normalized spacial score (nSPS) is 15.6. The molecule has 1 heterocycles. The number of amides is 1. The topological polar surface area (TPSA) is 48.0 Å². The second-order valence-electron chi connectivity index (χ2n) is 7.71. The third-order valence-electron chi connectivity index (χ3n) is 5.57. The maximum absolute atomic E-state index is 13.1. The lowest BCUT2D eigenvalue weighted by Gasteiger charge is -2.29. The number of carbonyl (C=O) groups is 1. The molecule has 2 aromatic rings. The molecule has 0 atom stereocenters. The summed E-state index contributed by atoms with van der Waals surface area (Å²) < 4.78 is 16.8. The van der Waals surface area contributed by atoms with Crippen LogP contribution in [0.2, 0.25) is 0 Å². The van der Waals surface area contributed by atoms with E-state index in [0.717, 1.165) is 46.8 Å². The van der Waals surface area contributed by atoms with Crippen molar-refractivity contribution in [3.8, 4) is 17.2 Å². The molecule has 0 unspecified atom stereocenters. The molecule has 0 N–H and O–H groups in total. The fourth-order valence-corrected chi connectivity index (χ4v) is 3.96. The zero-order valence-corrected chi connectivity index (χ0v) is 16.6. The second kappa shape index (κ2) is 8.13. The molecule has 0 bridgehead atoms. The standard InChI is InChI=1S/C23H27NO4/c1-16-7-8-17(2)21(11-16)26-14-23(25)24(19-5-3-4-6-19)13-18-9-10-20-22(12-18)28-15-27-20/h7-12,19H,3-6,13-15H2,1-2H3. The number of benzene rings is 2. The van der Waals surface area contributed by atoms with Gasteiger partial charge >= 0.3 is 0 Å². The number of hydrogen-bond donors (Lipinski definition) is 0. The molecule has 2 aliphatic rings. The maximum atomic E-state index is 13.1. The summed E-state index contributed by atoms with van der Waals surface area (Å²) in [7, 11) is 0. The van der Waals surface area contributed by atoms with E-state index in [1.54, 1.807) is 0 Å². The van der Waals surface area contributed by atoms with Crippen molar-refractivity contribution in [1.29, 1.82) is 0 Å². The quantitative estimate of drug-likeness (QED) is 0.745. The van der Waals surface area contributed by atoms with Crippen LogP contribution in [0, 0.1) is 13.8 Å². The summed E-state index contributed by atoms with van der Waals surface area (Å²) in [5.74, 6) is 2.33. The summed E-state index contributed by atoms with van der Waals surface area (Å²) in [6.45, 7) is 4.91. The highest BCUT2D eigenvalue weighted by Gasteiger charge is 2.27. The summed E-state index contributed by atoms with van der Waals surface area (Å²) in [5.41, 5.74) is 3.22. The van der Waals surface area contributed by atoms with Gasteiger partial charge in [0.1, 0.15) is 5.75 Å². The van der Waals surface area contributed by atoms with E-state index in [2.05, 4.69) is 6.07 Å². The third-order valence-corrected chi connectivity index (χ3v) is 5.57. The van der Waals surface area contributed by atoms with E-state index in [1.807, 2.05) is 49.1 Å². The first-order valence-corrected chi connectivity index (χ1v) is 9.98. The minimum atomic E-state index is 0.0328. The highest BCUT2D eigenvalue weighted by molar-refractivity contribution is 5.78. The van der Waals surface area contributed by atoms with Crippen molar-refractivity contribution in [2.24, 2.45) is 0 Å². The summed E-state index contributed by atoms with van der Waals surface area (Å²) >= 11 is 0. The van der Waals surface area contributed by atoms with E-state index < -0.39 is 0 Å². The lowest BCUT2D eigenvalue weighted by atomic mass is 10.1. The van der Waals surface area contributed by atoms with E-state index in [1.165, 1.54) is 12.8 Å². The summed E-state index contributed by atoms with van der Waals surface area (Å²) in [5, 5.41) is 0. The predicted molar refractivity (Wildman–Crippen MR) is 107 cm³/mol. The Labute approximate surface area is 166 Å². The Morgan fingerprint density at radius 3 is 2.68 bits per heavy atom. The largest absolute Gasteiger partial charge is 0.483 e. The summed E-state index contributed by atoms with van der Waals surface area (Å²) in [6.07, 6.45) is 4.46. The molecule has 148 valence electrons. The molecular weight excluding hydrogens is 354 g/mol. The highest BCUT2D eigenvalue weighted by Crippen LogP contribution is 2.34. The highest BCUT2D eigenvalue weighted by atomic mass is 16.7. The number of nitrogens with zero attached hydrogens (tertiary/aromatic N) is 1. The van der Waals surface area contributed by atoms with Crippen LogP contribution < -0.4 is 14.2 Å². The summed E-state index contributed by atoms with van der Waals surface area (Å²) in [6, 6.07) is 12.2. The van der Waals surface area contributed by atoms with Crippen molar-refractivity contribution in [2.45, 2.75) is 52.1 Å². The van der Waals surface area contributed by atoms with E-state index in [0.29, 0.717) is 6.54 Å². The van der Waals surface area contributed by atoms with Gasteiger partial charge in [-0.25, -0.2) is 0 Å². The van der Waals surface area contributed by atoms with Gasteiger partial charge in [-0.2, -0.15) is 0 Å². The number of fused-ring (bicyclic) bond motifs is 1. The van der Waals surface area contributed by atoms with Crippen molar-refractivity contribution >= 4 is 5.91 Å². The molecule has 0 spiro atoms. The lowest BCUT2D eigenvalue weighted by Crippen LogP contribution is -2.41. The monoisotopic (exact) mass is 381 g/mol. The van der Waals surface area contributed by atoms with Gasteiger partial charge in [0.25, 0.3) is 5.91 Å². The van der Waals surface area contributed by atoms with Crippen LogP contribution in [0.5, 0.6) is 17.2 Å². The molecule has 5 heteroatoms. The molecule has 0 aromatic heterocycles. The van der Waals surface area contributed by atoms with Crippen LogP contribution >= 0.6 is 0 Å². The van der Waals surface area contributed by atoms with Crippen LogP contribution in [0.1, 0.15) is 42.4 Å². The number of rotatable bonds is 6. The molecular formula is C23H27NO4. The van der Waals surface area contributed by atoms with Gasteiger partial charge in [0.15, 0.2) is 18.1 Å². The number of carbonyl (C=O) groups excluding carboxylic acids is 1. The predicted octanol–water partition coefficient (Wildman–Crippen LogP) is 4.38. The number of hydrogen-bond acceptors (Lipinski definition) is 4. The lowest BCUT2D eigenvalue weighted by molar-refractivity contribution is -0.136. The van der Waals surface area contributed by atoms with Crippen LogP contribution in [0.25, 0.3) is 0 Å². The summed E-state index contributed by atoms with van der Waals surface area (Å²) in [4.78, 5) is 15.1. The number of aryl methyl sites for hydroxylation is 2. The smallest absolute Gasteiger partial charge is 0.261 e. The van der Waals surface area contributed by atoms with Gasteiger partial charge in [0.05, 0.1) is 0 Å². The molecule has 0 saturated heterocycles. The molecule has 1 aliphatic heterocycles. The van der Waals surface area contributed by atoms with Crippen LogP contribution in [-0.4, -0.2) is 30.2 Å². The van der Waals surface area contributed by atoms with Crippen molar-refractivity contribution in [3.63, 3.8) is 0 Å². The maximum Gasteiger partial charge on any atom is 0.261 e. The Hall–Kier alpha value is -2.69. The Bertz CT molecular complexity index is 858. The molecule has 1 amide bonds. The average Bonchev–Trinajstić information content (AvgIpc) is 3.38. The molecule has 1 fully saturated rings. The Balaban J connectivity index is 1.47. The number of ether oxygens (including phenoxy) is 3. The van der Waals surface area contributed by atoms with Gasteiger partial charge in [-0.3, -0.25) is 4.79 Å². The van der Waals surface area contributed by atoms with Gasteiger partial charge < -0.3 is 19.1 Å². The first-order chi connectivity index (χ1) is 13.6. The van der Waals surface area contributed by atoms with Crippen LogP contribution in [0.4, 0.5) is 0 Å². The van der Waals surface area contributed by atoms with Crippen LogP contribution in [0.3, 0.4) is 0 Å². The Morgan fingerprint density at radius 1 is 1.07 bits per heavy atom. The zero-order chi connectivity index (χ0) is 19.5. The van der Waals surface area contributed by atoms with E-state index in [-0.39, 0.29) is 25.3 Å². The Morgan fingerprint density at radius 2 is 1.86 bits per heavy atom. The van der Waals surface area contributed by atoms with E-state index >= 15 is 0 Å². The second-order valence-corrected chi connectivity index (χ2v) is 7.71. The van der Waals surface area contributed by atoms with Gasteiger partial charge in [-0.15, -0.1) is 0 Å². The minimum absolute atomic E-state index is 0.0328. The average molecular weight is 381 g/mol. The first-order valence-electron chi connectivity index (χ1n) is 9.98. The fraction of sp³-hybridized carbons (Fsp3) is 0.435. The Kier molecular flexibility index (Phi) is 5.42. The van der Waals surface area contributed by atoms with E-state index in [4.69, 9.17) is 14.2 Å². The van der Waals surface area contributed by atoms with Crippen molar-refractivity contribution in [1.82, 2.24) is 4.90 Å². The molecule has 2 aromatic carbocycles. The molecule has 5 nitrogen and oxygen atoms in total. The van der Waals surface area contributed by atoms with Gasteiger partial charge in [0.2, 0.25) is 6.79 Å². The molecule has 4 rings (SSSR count). The fourth-order valence-electron chi connectivity index (χ4n) is 3.96. The molecule has 28 heavy (non-hydrogen) atoms.